The molecule has 3 heteroatoms. The van der Waals surface area contributed by atoms with Gasteiger partial charge in [-0.1, -0.05) is 20.8 Å². The second-order valence-electron chi connectivity index (χ2n) is 4.24. The van der Waals surface area contributed by atoms with Crippen LogP contribution in [0.25, 0.3) is 0 Å². The van der Waals surface area contributed by atoms with Crippen molar-refractivity contribution in [2.24, 2.45) is 0 Å². The number of imidazole rings is 1. The zero-order valence-corrected chi connectivity index (χ0v) is 10.2. The molecule has 0 amide bonds. The van der Waals surface area contributed by atoms with Crippen molar-refractivity contribution in [3.63, 3.8) is 0 Å². The first-order chi connectivity index (χ1) is 7.05. The Morgan fingerprint density at radius 1 is 1.33 bits per heavy atom. The van der Waals surface area contributed by atoms with E-state index in [1.54, 1.807) is 0 Å². The molecule has 0 saturated carbocycles. The molecule has 0 bridgehead atoms. The number of rotatable bonds is 5. The lowest BCUT2D eigenvalue weighted by Crippen LogP contribution is -2.22. The van der Waals surface area contributed by atoms with Gasteiger partial charge in [0.15, 0.2) is 0 Å². The monoisotopic (exact) mass is 210 g/mol. The maximum absolute atomic E-state index is 10.2. The Hall–Kier alpha value is -0.830. The third-order valence-electron chi connectivity index (χ3n) is 2.87. The molecule has 0 aliphatic rings. The minimum absolute atomic E-state index is 0.691. The summed E-state index contributed by atoms with van der Waals surface area (Å²) in [6.07, 6.45) is 3.61. The molecule has 1 heterocycles. The number of aliphatic hydroxyl groups is 1. The number of H-pyrrole nitrogens is 1. The molecule has 0 spiro atoms. The number of nitrogens with one attached hydrogen (secondary N) is 1. The quantitative estimate of drug-likeness (QED) is 0.784. The molecular weight excluding hydrogens is 188 g/mol. The maximum atomic E-state index is 10.2. The van der Waals surface area contributed by atoms with Crippen LogP contribution in [0.3, 0.4) is 0 Å². The lowest BCUT2D eigenvalue weighted by atomic mass is 9.97. The molecule has 0 fully saturated rings. The molecule has 0 radical (unpaired) electrons. The second kappa shape index (κ2) is 4.79. The van der Waals surface area contributed by atoms with E-state index >= 15 is 0 Å². The molecule has 86 valence electrons. The van der Waals surface area contributed by atoms with Gasteiger partial charge in [0.25, 0.3) is 0 Å². The van der Waals surface area contributed by atoms with Gasteiger partial charge >= 0.3 is 0 Å². The fraction of sp³-hybridized carbons (Fsp3) is 0.750. The van der Waals surface area contributed by atoms with Gasteiger partial charge in [-0.25, -0.2) is 4.98 Å². The summed E-state index contributed by atoms with van der Waals surface area (Å²) in [6, 6.07) is 0. The number of nitrogens with zero attached hydrogens (tertiary/aromatic N) is 1. The van der Waals surface area contributed by atoms with Gasteiger partial charge in [0.05, 0.1) is 5.69 Å². The van der Waals surface area contributed by atoms with Crippen molar-refractivity contribution < 1.29 is 5.11 Å². The molecule has 1 aromatic rings. The van der Waals surface area contributed by atoms with Gasteiger partial charge in [0.2, 0.25) is 0 Å². The molecule has 0 aromatic carbocycles. The Bertz CT molecular complexity index is 315. The smallest absolute Gasteiger partial charge is 0.106 e. The van der Waals surface area contributed by atoms with Crippen LogP contribution in [0, 0.1) is 0 Å². The average Bonchev–Trinajstić information content (AvgIpc) is 2.62. The lowest BCUT2D eigenvalue weighted by Gasteiger charge is -2.20. The lowest BCUT2D eigenvalue weighted by molar-refractivity contribution is 0.0479. The molecule has 0 saturated heterocycles. The highest BCUT2D eigenvalue weighted by molar-refractivity contribution is 5.21. The molecule has 1 unspecified atom stereocenters. The van der Waals surface area contributed by atoms with Crippen molar-refractivity contribution in [2.75, 3.05) is 0 Å². The molecular formula is C12H22N2O. The number of aryl methyl sites for hydroxylation is 2. The normalized spacial score (nSPS) is 15.3. The van der Waals surface area contributed by atoms with E-state index in [1.165, 1.54) is 0 Å². The molecule has 2 N–H and O–H groups in total. The van der Waals surface area contributed by atoms with Crippen LogP contribution in [-0.2, 0) is 18.4 Å². The van der Waals surface area contributed by atoms with E-state index in [0.717, 1.165) is 36.5 Å². The van der Waals surface area contributed by atoms with Crippen LogP contribution in [0.4, 0.5) is 0 Å². The Labute approximate surface area is 91.9 Å². The van der Waals surface area contributed by atoms with Crippen molar-refractivity contribution >= 4 is 0 Å². The van der Waals surface area contributed by atoms with Gasteiger partial charge in [-0.3, -0.25) is 0 Å². The summed E-state index contributed by atoms with van der Waals surface area (Å²) in [6.45, 7) is 8.02. The van der Waals surface area contributed by atoms with E-state index in [9.17, 15) is 5.11 Å². The Morgan fingerprint density at radius 3 is 2.47 bits per heavy atom. The van der Waals surface area contributed by atoms with Gasteiger partial charge in [-0.2, -0.15) is 0 Å². The van der Waals surface area contributed by atoms with E-state index in [-0.39, 0.29) is 0 Å². The molecule has 0 aliphatic carbocycles. The predicted molar refractivity (Wildman–Crippen MR) is 61.8 cm³/mol. The minimum atomic E-state index is -0.798. The Morgan fingerprint density at radius 2 is 2.00 bits per heavy atom. The SMILES string of the molecule is CCCc1nc(C(C)(O)CC)c(CC)[nH]1. The van der Waals surface area contributed by atoms with Gasteiger partial charge in [0.1, 0.15) is 11.4 Å². The fourth-order valence-corrected chi connectivity index (χ4v) is 1.69. The first-order valence-electron chi connectivity index (χ1n) is 5.85. The Balaban J connectivity index is 3.05. The number of hydrogen-bond acceptors (Lipinski definition) is 2. The van der Waals surface area contributed by atoms with Crippen LogP contribution in [0.5, 0.6) is 0 Å². The molecule has 1 atom stereocenters. The number of aromatic amines is 1. The van der Waals surface area contributed by atoms with Crippen LogP contribution in [-0.4, -0.2) is 15.1 Å². The average molecular weight is 210 g/mol. The predicted octanol–water partition coefficient (Wildman–Crippen LogP) is 2.54. The highest BCUT2D eigenvalue weighted by Crippen LogP contribution is 2.26. The van der Waals surface area contributed by atoms with E-state index in [1.807, 2.05) is 13.8 Å². The van der Waals surface area contributed by atoms with Gasteiger partial charge in [-0.05, 0) is 26.2 Å². The highest BCUT2D eigenvalue weighted by Gasteiger charge is 2.27. The van der Waals surface area contributed by atoms with Crippen LogP contribution in [0.2, 0.25) is 0 Å². The van der Waals surface area contributed by atoms with Crippen molar-refractivity contribution in [3.8, 4) is 0 Å². The van der Waals surface area contributed by atoms with Crippen molar-refractivity contribution in [3.05, 3.63) is 17.2 Å². The zero-order valence-electron chi connectivity index (χ0n) is 10.2. The molecule has 1 rings (SSSR count). The summed E-state index contributed by atoms with van der Waals surface area (Å²) in [5, 5.41) is 10.2. The van der Waals surface area contributed by atoms with Gasteiger partial charge < -0.3 is 10.1 Å². The van der Waals surface area contributed by atoms with Crippen LogP contribution in [0.15, 0.2) is 0 Å². The van der Waals surface area contributed by atoms with E-state index in [4.69, 9.17) is 0 Å². The van der Waals surface area contributed by atoms with E-state index < -0.39 is 5.60 Å². The van der Waals surface area contributed by atoms with Crippen molar-refractivity contribution in [2.45, 2.75) is 59.0 Å². The van der Waals surface area contributed by atoms with Crippen molar-refractivity contribution in [1.29, 1.82) is 0 Å². The number of aromatic nitrogens is 2. The second-order valence-corrected chi connectivity index (χ2v) is 4.24. The fourth-order valence-electron chi connectivity index (χ4n) is 1.69. The third kappa shape index (κ3) is 2.59. The highest BCUT2D eigenvalue weighted by atomic mass is 16.3. The third-order valence-corrected chi connectivity index (χ3v) is 2.87. The minimum Gasteiger partial charge on any atom is -0.384 e. The van der Waals surface area contributed by atoms with Gasteiger partial charge in [-0.15, -0.1) is 0 Å². The summed E-state index contributed by atoms with van der Waals surface area (Å²) in [5.41, 5.74) is 1.11. The first-order valence-corrected chi connectivity index (χ1v) is 5.85. The summed E-state index contributed by atoms with van der Waals surface area (Å²) in [5.74, 6) is 0.998. The summed E-state index contributed by atoms with van der Waals surface area (Å²) >= 11 is 0. The summed E-state index contributed by atoms with van der Waals surface area (Å²) in [4.78, 5) is 7.81. The molecule has 3 nitrogen and oxygen atoms in total. The summed E-state index contributed by atoms with van der Waals surface area (Å²) < 4.78 is 0. The molecule has 0 aliphatic heterocycles. The molecule has 1 aromatic heterocycles. The van der Waals surface area contributed by atoms with Crippen LogP contribution in [0.1, 0.15) is 57.7 Å². The van der Waals surface area contributed by atoms with Crippen LogP contribution >= 0.6 is 0 Å². The number of hydrogen-bond donors (Lipinski definition) is 2. The Kier molecular flexibility index (Phi) is 3.91. The van der Waals surface area contributed by atoms with Crippen molar-refractivity contribution in [1.82, 2.24) is 9.97 Å². The van der Waals surface area contributed by atoms with Gasteiger partial charge in [0, 0.05) is 12.1 Å². The summed E-state index contributed by atoms with van der Waals surface area (Å²) in [7, 11) is 0. The van der Waals surface area contributed by atoms with E-state index in [0.29, 0.717) is 6.42 Å². The van der Waals surface area contributed by atoms with E-state index in [2.05, 4.69) is 23.8 Å². The zero-order chi connectivity index (χ0) is 11.5. The topological polar surface area (TPSA) is 48.9 Å². The first kappa shape index (κ1) is 12.2. The maximum Gasteiger partial charge on any atom is 0.106 e. The van der Waals surface area contributed by atoms with Crippen LogP contribution < -0.4 is 0 Å². The largest absolute Gasteiger partial charge is 0.384 e. The standard InChI is InChI=1S/C12H22N2O/c1-5-8-10-13-9(6-2)11(14-10)12(4,15)7-3/h15H,5-8H2,1-4H3,(H,13,14). The molecule has 15 heavy (non-hydrogen) atoms.